The van der Waals surface area contributed by atoms with E-state index in [0.29, 0.717) is 35.8 Å². The smallest absolute Gasteiger partial charge is 0.323 e. The van der Waals surface area contributed by atoms with Gasteiger partial charge >= 0.3 is 6.03 Å². The summed E-state index contributed by atoms with van der Waals surface area (Å²) in [4.78, 5) is 23.0. The molecule has 10 heteroatoms. The number of benzene rings is 1. The van der Waals surface area contributed by atoms with Crippen molar-refractivity contribution in [3.63, 3.8) is 0 Å². The average Bonchev–Trinajstić information content (AvgIpc) is 3.37. The van der Waals surface area contributed by atoms with Gasteiger partial charge in [0.15, 0.2) is 11.6 Å². The van der Waals surface area contributed by atoms with Crippen LogP contribution < -0.4 is 10.1 Å². The van der Waals surface area contributed by atoms with Gasteiger partial charge < -0.3 is 14.2 Å². The van der Waals surface area contributed by atoms with Crippen molar-refractivity contribution in [3.8, 4) is 17.1 Å². The summed E-state index contributed by atoms with van der Waals surface area (Å²) in [5.41, 5.74) is 0.840. The van der Waals surface area contributed by atoms with Gasteiger partial charge in [0.05, 0.1) is 7.11 Å². The fraction of sp³-hybridized carbons (Fsp3) is 0.389. The molecule has 3 heterocycles. The minimum atomic E-state index is -0.173. The summed E-state index contributed by atoms with van der Waals surface area (Å²) < 4.78 is 14.8. The second-order valence-electron chi connectivity index (χ2n) is 6.53. The third-order valence-corrected chi connectivity index (χ3v) is 5.27. The van der Waals surface area contributed by atoms with Crippen molar-refractivity contribution in [1.82, 2.24) is 24.4 Å². The Morgan fingerprint density at radius 3 is 2.86 bits per heavy atom. The summed E-state index contributed by atoms with van der Waals surface area (Å²) in [7, 11) is 1.61. The standard InChI is InChI=1S/C18H20N6O3S/c1-11-19-16(27-22-11)12-6-8-24(9-7-12)18(25)21-17-20-15(23-28-17)13-4-3-5-14(10-13)26-2/h3-5,10,12H,6-9H2,1-2H3,(H,20,21,23,25). The number of rotatable bonds is 4. The average molecular weight is 400 g/mol. The number of nitrogens with one attached hydrogen (secondary N) is 1. The molecule has 4 rings (SSSR count). The number of likely N-dealkylation sites (tertiary alicyclic amines) is 1. The Balaban J connectivity index is 1.35. The van der Waals surface area contributed by atoms with Gasteiger partial charge in [0.2, 0.25) is 11.0 Å². The van der Waals surface area contributed by atoms with Crippen LogP contribution in [0.5, 0.6) is 5.75 Å². The predicted octanol–water partition coefficient (Wildman–Crippen LogP) is 3.32. The van der Waals surface area contributed by atoms with Gasteiger partial charge in [0, 0.05) is 36.1 Å². The van der Waals surface area contributed by atoms with Crippen LogP contribution in [0.3, 0.4) is 0 Å². The highest BCUT2D eigenvalue weighted by molar-refractivity contribution is 7.10. The lowest BCUT2D eigenvalue weighted by Gasteiger charge is -2.30. The van der Waals surface area contributed by atoms with E-state index in [1.54, 1.807) is 18.9 Å². The molecule has 9 nitrogen and oxygen atoms in total. The van der Waals surface area contributed by atoms with Gasteiger partial charge in [0.25, 0.3) is 0 Å². The topological polar surface area (TPSA) is 106 Å². The number of piperidine rings is 1. The van der Waals surface area contributed by atoms with Crippen LogP contribution in [0.4, 0.5) is 9.93 Å². The molecule has 0 aliphatic carbocycles. The van der Waals surface area contributed by atoms with Crippen LogP contribution in [0.25, 0.3) is 11.4 Å². The Bertz CT molecular complexity index is 964. The van der Waals surface area contributed by atoms with E-state index in [9.17, 15) is 4.79 Å². The molecule has 3 aromatic rings. The molecular weight excluding hydrogens is 380 g/mol. The lowest BCUT2D eigenvalue weighted by atomic mass is 9.97. The first-order valence-corrected chi connectivity index (χ1v) is 9.74. The fourth-order valence-corrected chi connectivity index (χ4v) is 3.71. The summed E-state index contributed by atoms with van der Waals surface area (Å²) in [5.74, 6) is 2.79. The first-order valence-electron chi connectivity index (χ1n) is 8.96. The van der Waals surface area contributed by atoms with Gasteiger partial charge in [-0.1, -0.05) is 17.3 Å². The van der Waals surface area contributed by atoms with Crippen LogP contribution in [-0.2, 0) is 0 Å². The fourth-order valence-electron chi connectivity index (χ4n) is 3.13. The number of hydrogen-bond donors (Lipinski definition) is 1. The first-order chi connectivity index (χ1) is 13.6. The highest BCUT2D eigenvalue weighted by Gasteiger charge is 2.27. The minimum absolute atomic E-state index is 0.173. The maximum atomic E-state index is 12.5. The molecule has 0 unspecified atom stereocenters. The Labute approximate surface area is 165 Å². The number of carbonyl (C=O) groups excluding carboxylic acids is 1. The zero-order valence-corrected chi connectivity index (χ0v) is 16.4. The van der Waals surface area contributed by atoms with Crippen LogP contribution >= 0.6 is 11.5 Å². The van der Waals surface area contributed by atoms with Crippen LogP contribution in [0.1, 0.15) is 30.5 Å². The number of hydrogen-bond acceptors (Lipinski definition) is 8. The van der Waals surface area contributed by atoms with E-state index in [1.807, 2.05) is 24.3 Å². The maximum Gasteiger partial charge on any atom is 0.323 e. The van der Waals surface area contributed by atoms with Gasteiger partial charge in [-0.3, -0.25) is 5.32 Å². The number of ether oxygens (including phenoxy) is 1. The molecule has 0 atom stereocenters. The quantitative estimate of drug-likeness (QED) is 0.716. The van der Waals surface area contributed by atoms with Gasteiger partial charge in [-0.25, -0.2) is 4.79 Å². The van der Waals surface area contributed by atoms with Gasteiger partial charge in [-0.2, -0.15) is 14.3 Å². The van der Waals surface area contributed by atoms with Crippen LogP contribution in [0, 0.1) is 6.92 Å². The minimum Gasteiger partial charge on any atom is -0.497 e. The monoisotopic (exact) mass is 400 g/mol. The normalized spacial score (nSPS) is 14.9. The molecular formula is C18H20N6O3S. The highest BCUT2D eigenvalue weighted by atomic mass is 32.1. The number of aryl methyl sites for hydroxylation is 1. The number of anilines is 1. The molecule has 1 aliphatic rings. The molecule has 0 radical (unpaired) electrons. The molecule has 2 amide bonds. The van der Waals surface area contributed by atoms with E-state index in [0.717, 1.165) is 35.7 Å². The molecule has 0 saturated carbocycles. The first kappa shape index (κ1) is 18.4. The third kappa shape index (κ3) is 3.96. The summed E-state index contributed by atoms with van der Waals surface area (Å²) in [6.45, 7) is 3.05. The molecule has 1 aliphatic heterocycles. The van der Waals surface area contributed by atoms with Crippen molar-refractivity contribution < 1.29 is 14.1 Å². The van der Waals surface area contributed by atoms with Crippen LogP contribution in [0.15, 0.2) is 28.8 Å². The van der Waals surface area contributed by atoms with Crippen molar-refractivity contribution >= 4 is 22.7 Å². The molecule has 1 fully saturated rings. The third-order valence-electron chi connectivity index (χ3n) is 4.64. The maximum absolute atomic E-state index is 12.5. The number of urea groups is 1. The SMILES string of the molecule is COc1cccc(-c2nsc(NC(=O)N3CCC(c4nc(C)no4)CC3)n2)c1. The van der Waals surface area contributed by atoms with Gasteiger partial charge in [0.1, 0.15) is 5.75 Å². The highest BCUT2D eigenvalue weighted by Crippen LogP contribution is 2.28. The Morgan fingerprint density at radius 1 is 1.32 bits per heavy atom. The molecule has 0 spiro atoms. The van der Waals surface area contributed by atoms with Crippen molar-refractivity contribution in [2.45, 2.75) is 25.7 Å². The van der Waals surface area contributed by atoms with Crippen molar-refractivity contribution in [3.05, 3.63) is 36.0 Å². The van der Waals surface area contributed by atoms with Crippen molar-refractivity contribution in [2.75, 3.05) is 25.5 Å². The Hall–Kier alpha value is -3.01. The summed E-state index contributed by atoms with van der Waals surface area (Å²) in [6.07, 6.45) is 1.58. The molecule has 28 heavy (non-hydrogen) atoms. The largest absolute Gasteiger partial charge is 0.497 e. The summed E-state index contributed by atoms with van der Waals surface area (Å²) >= 11 is 1.16. The molecule has 1 saturated heterocycles. The zero-order valence-electron chi connectivity index (χ0n) is 15.6. The molecule has 2 aromatic heterocycles. The Kier molecular flexibility index (Phi) is 5.20. The number of carbonyl (C=O) groups is 1. The van der Waals surface area contributed by atoms with E-state index in [4.69, 9.17) is 9.26 Å². The van der Waals surface area contributed by atoms with Crippen LogP contribution in [-0.4, -0.2) is 50.6 Å². The lowest BCUT2D eigenvalue weighted by Crippen LogP contribution is -2.40. The van der Waals surface area contributed by atoms with Gasteiger partial charge in [-0.05, 0) is 31.9 Å². The molecule has 1 N–H and O–H groups in total. The predicted molar refractivity (Wildman–Crippen MR) is 103 cm³/mol. The van der Waals surface area contributed by atoms with Crippen molar-refractivity contribution in [2.24, 2.45) is 0 Å². The van der Waals surface area contributed by atoms with E-state index >= 15 is 0 Å². The van der Waals surface area contributed by atoms with Crippen LogP contribution in [0.2, 0.25) is 0 Å². The molecule has 146 valence electrons. The van der Waals surface area contributed by atoms with Crippen molar-refractivity contribution in [1.29, 1.82) is 0 Å². The lowest BCUT2D eigenvalue weighted by molar-refractivity contribution is 0.187. The summed E-state index contributed by atoms with van der Waals surface area (Å²) in [5, 5.41) is 7.15. The van der Waals surface area contributed by atoms with E-state index in [1.165, 1.54) is 0 Å². The number of nitrogens with zero attached hydrogens (tertiary/aromatic N) is 5. The number of methoxy groups -OCH3 is 1. The second kappa shape index (κ2) is 7.93. The summed E-state index contributed by atoms with van der Waals surface area (Å²) in [6, 6.07) is 7.33. The van der Waals surface area contributed by atoms with E-state index < -0.39 is 0 Å². The van der Waals surface area contributed by atoms with E-state index in [-0.39, 0.29) is 11.9 Å². The van der Waals surface area contributed by atoms with Gasteiger partial charge in [-0.15, -0.1) is 0 Å². The Morgan fingerprint density at radius 2 is 2.14 bits per heavy atom. The molecule has 1 aromatic carbocycles. The number of amides is 2. The van der Waals surface area contributed by atoms with E-state index in [2.05, 4.69) is 24.8 Å². The second-order valence-corrected chi connectivity index (χ2v) is 7.28. The number of aromatic nitrogens is 4. The molecule has 0 bridgehead atoms. The zero-order chi connectivity index (χ0) is 19.5.